The van der Waals surface area contributed by atoms with Crippen molar-refractivity contribution in [3.8, 4) is 0 Å². The molecule has 1 aliphatic rings. The first-order valence-electron chi connectivity index (χ1n) is 5.92. The molecule has 0 aliphatic carbocycles. The van der Waals surface area contributed by atoms with E-state index in [1.54, 1.807) is 20.8 Å². The van der Waals surface area contributed by atoms with Crippen molar-refractivity contribution in [1.82, 2.24) is 4.90 Å². The lowest BCUT2D eigenvalue weighted by molar-refractivity contribution is -0.147. The van der Waals surface area contributed by atoms with Crippen LogP contribution in [0.25, 0.3) is 0 Å². The zero-order chi connectivity index (χ0) is 15.0. The Kier molecular flexibility index (Phi) is 3.79. The van der Waals surface area contributed by atoms with Crippen molar-refractivity contribution in [1.29, 1.82) is 0 Å². The molecule has 1 fully saturated rings. The minimum atomic E-state index is -1.26. The highest BCUT2D eigenvalue weighted by Crippen LogP contribution is 2.35. The van der Waals surface area contributed by atoms with Gasteiger partial charge in [-0.05, 0) is 34.1 Å². The fraction of sp³-hybridized carbons (Fsp3) is 0.750. The highest BCUT2D eigenvalue weighted by molar-refractivity contribution is 5.85. The van der Waals surface area contributed by atoms with Gasteiger partial charge in [-0.25, -0.2) is 9.59 Å². The van der Waals surface area contributed by atoms with Crippen molar-refractivity contribution >= 4 is 18.0 Å². The van der Waals surface area contributed by atoms with Crippen LogP contribution >= 0.6 is 0 Å². The molecule has 1 rings (SSSR count). The molecule has 1 saturated heterocycles. The molecule has 0 radical (unpaired) electrons. The number of carbonyl (C=O) groups excluding carboxylic acids is 1. The Hall–Kier alpha value is -1.79. The summed E-state index contributed by atoms with van der Waals surface area (Å²) in [7, 11) is 0. The van der Waals surface area contributed by atoms with Crippen LogP contribution in [0.15, 0.2) is 0 Å². The van der Waals surface area contributed by atoms with Gasteiger partial charge in [0.15, 0.2) is 0 Å². The summed E-state index contributed by atoms with van der Waals surface area (Å²) < 4.78 is 5.11. The third-order valence-electron chi connectivity index (χ3n) is 2.97. The van der Waals surface area contributed by atoms with Crippen molar-refractivity contribution in [2.24, 2.45) is 5.41 Å². The molecule has 0 spiro atoms. The fourth-order valence-electron chi connectivity index (χ4n) is 1.98. The lowest BCUT2D eigenvalue weighted by Crippen LogP contribution is -2.43. The van der Waals surface area contributed by atoms with Gasteiger partial charge in [-0.15, -0.1) is 0 Å². The topological polar surface area (TPSA) is 104 Å². The number of carbonyl (C=O) groups is 3. The Morgan fingerprint density at radius 2 is 1.79 bits per heavy atom. The van der Waals surface area contributed by atoms with E-state index in [9.17, 15) is 14.4 Å². The maximum Gasteiger partial charge on any atom is 0.411 e. The van der Waals surface area contributed by atoms with Gasteiger partial charge in [0.25, 0.3) is 0 Å². The van der Waals surface area contributed by atoms with E-state index >= 15 is 0 Å². The molecule has 1 aliphatic heterocycles. The molecule has 0 aromatic rings. The minimum Gasteiger partial charge on any atom is -0.481 e. The molecule has 2 N–H and O–H groups in total. The molecule has 7 nitrogen and oxygen atoms in total. The molecule has 2 atom stereocenters. The van der Waals surface area contributed by atoms with Gasteiger partial charge in [-0.1, -0.05) is 0 Å². The predicted molar refractivity (Wildman–Crippen MR) is 64.7 cm³/mol. The van der Waals surface area contributed by atoms with Crippen LogP contribution in [-0.2, 0) is 14.3 Å². The van der Waals surface area contributed by atoms with Gasteiger partial charge in [0.1, 0.15) is 11.6 Å². The molecule has 7 heteroatoms. The van der Waals surface area contributed by atoms with Crippen molar-refractivity contribution in [3.05, 3.63) is 0 Å². The van der Waals surface area contributed by atoms with Crippen molar-refractivity contribution < 1.29 is 29.3 Å². The van der Waals surface area contributed by atoms with Crippen LogP contribution in [0, 0.1) is 5.41 Å². The first-order chi connectivity index (χ1) is 8.46. The molecule has 0 bridgehead atoms. The largest absolute Gasteiger partial charge is 0.481 e. The highest BCUT2D eigenvalue weighted by Gasteiger charge is 2.51. The molecule has 2 unspecified atom stereocenters. The summed E-state index contributed by atoms with van der Waals surface area (Å²) in [5, 5.41) is 18.2. The van der Waals surface area contributed by atoms with E-state index in [2.05, 4.69) is 0 Å². The van der Waals surface area contributed by atoms with Crippen LogP contribution in [0.3, 0.4) is 0 Å². The quantitative estimate of drug-likeness (QED) is 0.782. The molecule has 0 aromatic heterocycles. The van der Waals surface area contributed by atoms with Crippen LogP contribution in [0.4, 0.5) is 4.79 Å². The third-order valence-corrected chi connectivity index (χ3v) is 2.97. The molecule has 108 valence electrons. The maximum atomic E-state index is 11.9. The van der Waals surface area contributed by atoms with E-state index in [0.717, 1.165) is 4.90 Å². The van der Waals surface area contributed by atoms with Crippen LogP contribution in [0.1, 0.15) is 34.1 Å². The fourth-order valence-corrected chi connectivity index (χ4v) is 1.98. The molecule has 1 amide bonds. The van der Waals surface area contributed by atoms with Gasteiger partial charge in [0.2, 0.25) is 0 Å². The van der Waals surface area contributed by atoms with Crippen LogP contribution in [-0.4, -0.2) is 51.3 Å². The Morgan fingerprint density at radius 3 is 2.16 bits per heavy atom. The maximum absolute atomic E-state index is 11.9. The number of aliphatic carboxylic acids is 2. The highest BCUT2D eigenvalue weighted by atomic mass is 16.6. The second-order valence-electron chi connectivity index (χ2n) is 6.03. The number of carboxylic acid groups (broad SMARTS) is 2. The Bertz CT molecular complexity index is 413. The van der Waals surface area contributed by atoms with Crippen LogP contribution < -0.4 is 0 Å². The number of likely N-dealkylation sites (tertiary alicyclic amines) is 1. The van der Waals surface area contributed by atoms with E-state index < -0.39 is 35.1 Å². The second-order valence-corrected chi connectivity index (χ2v) is 6.03. The van der Waals surface area contributed by atoms with Gasteiger partial charge in [-0.3, -0.25) is 9.69 Å². The summed E-state index contributed by atoms with van der Waals surface area (Å²) in [6.07, 6.45) is -0.929. The van der Waals surface area contributed by atoms with Gasteiger partial charge in [-0.2, -0.15) is 0 Å². The number of amides is 1. The molecule has 0 aromatic carbocycles. The standard InChI is InChI=1S/C12H19NO6/c1-11(2,3)19-10(18)13-6-12(4,9(16)17)5-7(13)8(14)15/h7H,5-6H2,1-4H3,(H,14,15)(H,16,17). The normalized spacial score (nSPS) is 27.2. The van der Waals surface area contributed by atoms with Crippen LogP contribution in [0.2, 0.25) is 0 Å². The Morgan fingerprint density at radius 1 is 1.26 bits per heavy atom. The molecular formula is C12H19NO6. The van der Waals surface area contributed by atoms with E-state index in [-0.39, 0.29) is 13.0 Å². The van der Waals surface area contributed by atoms with Gasteiger partial charge in [0, 0.05) is 6.54 Å². The Balaban J connectivity index is 2.95. The average molecular weight is 273 g/mol. The smallest absolute Gasteiger partial charge is 0.411 e. The third kappa shape index (κ3) is 3.36. The minimum absolute atomic E-state index is 0.128. The molecular weight excluding hydrogens is 254 g/mol. The van der Waals surface area contributed by atoms with Crippen molar-refractivity contribution in [2.45, 2.75) is 45.8 Å². The first-order valence-corrected chi connectivity index (χ1v) is 5.92. The second kappa shape index (κ2) is 4.71. The number of rotatable bonds is 2. The molecule has 1 heterocycles. The number of hydrogen-bond donors (Lipinski definition) is 2. The summed E-state index contributed by atoms with van der Waals surface area (Å²) >= 11 is 0. The number of hydrogen-bond acceptors (Lipinski definition) is 4. The Labute approximate surface area is 111 Å². The number of carboxylic acids is 2. The summed E-state index contributed by atoms with van der Waals surface area (Å²) in [5.41, 5.74) is -2.03. The van der Waals surface area contributed by atoms with Gasteiger partial charge in [0.05, 0.1) is 5.41 Å². The van der Waals surface area contributed by atoms with E-state index in [1.165, 1.54) is 6.92 Å². The predicted octanol–water partition coefficient (Wildman–Crippen LogP) is 1.17. The first kappa shape index (κ1) is 15.3. The summed E-state index contributed by atoms with van der Waals surface area (Å²) in [5.74, 6) is -2.35. The van der Waals surface area contributed by atoms with E-state index in [1.807, 2.05) is 0 Å². The zero-order valence-corrected chi connectivity index (χ0v) is 11.5. The summed E-state index contributed by atoms with van der Waals surface area (Å²) in [4.78, 5) is 35.2. The van der Waals surface area contributed by atoms with Crippen molar-refractivity contribution in [3.63, 3.8) is 0 Å². The number of nitrogens with zero attached hydrogens (tertiary/aromatic N) is 1. The average Bonchev–Trinajstić information content (AvgIpc) is 2.55. The van der Waals surface area contributed by atoms with E-state index in [4.69, 9.17) is 14.9 Å². The van der Waals surface area contributed by atoms with Crippen molar-refractivity contribution in [2.75, 3.05) is 6.54 Å². The lowest BCUT2D eigenvalue weighted by Gasteiger charge is -2.27. The van der Waals surface area contributed by atoms with Crippen LogP contribution in [0.5, 0.6) is 0 Å². The van der Waals surface area contributed by atoms with E-state index in [0.29, 0.717) is 0 Å². The zero-order valence-electron chi connectivity index (χ0n) is 11.5. The summed E-state index contributed by atoms with van der Waals surface area (Å²) in [6.45, 7) is 6.23. The summed E-state index contributed by atoms with van der Waals surface area (Å²) in [6, 6.07) is -1.17. The van der Waals surface area contributed by atoms with Gasteiger partial charge >= 0.3 is 18.0 Å². The lowest BCUT2D eigenvalue weighted by atomic mass is 9.88. The number of ether oxygens (including phenoxy) is 1. The van der Waals surface area contributed by atoms with Gasteiger partial charge < -0.3 is 14.9 Å². The monoisotopic (exact) mass is 273 g/mol. The molecule has 0 saturated carbocycles. The molecule has 19 heavy (non-hydrogen) atoms. The SMILES string of the molecule is CC(C)(C)OC(=O)N1CC(C)(C(=O)O)CC1C(=O)O.